The van der Waals surface area contributed by atoms with Gasteiger partial charge in [-0.05, 0) is 53.8 Å². The quantitative estimate of drug-likeness (QED) is 0.564. The van der Waals surface area contributed by atoms with E-state index in [-0.39, 0.29) is 11.8 Å². The maximum absolute atomic E-state index is 11.5. The van der Waals surface area contributed by atoms with Gasteiger partial charge >= 0.3 is 0 Å². The average Bonchev–Trinajstić information content (AvgIpc) is 2.72. The lowest BCUT2D eigenvalue weighted by Gasteiger charge is -2.39. The van der Waals surface area contributed by atoms with E-state index in [1.54, 1.807) is 13.1 Å². The fourth-order valence-electron chi connectivity index (χ4n) is 4.39. The molecule has 2 aromatic carbocycles. The first-order valence-electron chi connectivity index (χ1n) is 10.8. The van der Waals surface area contributed by atoms with Crippen LogP contribution in [0.5, 0.6) is 0 Å². The van der Waals surface area contributed by atoms with Crippen LogP contribution in [0.15, 0.2) is 66.9 Å². The molecule has 0 saturated carbocycles. The first-order valence-corrected chi connectivity index (χ1v) is 10.8. The highest BCUT2D eigenvalue weighted by Gasteiger charge is 2.30. The minimum atomic E-state index is 0.117. The summed E-state index contributed by atoms with van der Waals surface area (Å²) in [5, 5.41) is 8.77. The van der Waals surface area contributed by atoms with E-state index in [4.69, 9.17) is 5.41 Å². The van der Waals surface area contributed by atoms with Gasteiger partial charge in [-0.2, -0.15) is 0 Å². The van der Waals surface area contributed by atoms with Crippen molar-refractivity contribution in [1.29, 1.82) is 5.41 Å². The van der Waals surface area contributed by atoms with Crippen LogP contribution in [0, 0.1) is 19.3 Å². The van der Waals surface area contributed by atoms with Crippen molar-refractivity contribution in [3.63, 3.8) is 0 Å². The molecule has 1 aliphatic rings. The molecule has 31 heavy (non-hydrogen) atoms. The Morgan fingerprint density at radius 2 is 1.81 bits per heavy atom. The number of likely N-dealkylation sites (tertiary alicyclic amines) is 1. The number of hydrogen-bond donors (Lipinski definition) is 1. The molecule has 0 bridgehead atoms. The lowest BCUT2D eigenvalue weighted by molar-refractivity contribution is -0.133. The summed E-state index contributed by atoms with van der Waals surface area (Å²) in [7, 11) is 0. The Morgan fingerprint density at radius 3 is 2.45 bits per heavy atom. The van der Waals surface area contributed by atoms with E-state index >= 15 is 0 Å². The topological polar surface area (TPSA) is 57.1 Å². The number of benzene rings is 2. The fraction of sp³-hybridized carbons (Fsp3) is 0.296. The molecule has 1 atom stereocenters. The van der Waals surface area contributed by atoms with Crippen molar-refractivity contribution < 1.29 is 4.79 Å². The summed E-state index contributed by atoms with van der Waals surface area (Å²) < 4.78 is 0. The predicted molar refractivity (Wildman–Crippen MR) is 125 cm³/mol. The first kappa shape index (κ1) is 21.0. The molecule has 4 rings (SSSR count). The van der Waals surface area contributed by atoms with Crippen molar-refractivity contribution in [2.45, 2.75) is 39.0 Å². The zero-order valence-electron chi connectivity index (χ0n) is 18.4. The third-order valence-electron chi connectivity index (χ3n) is 6.35. The molecule has 1 aliphatic heterocycles. The van der Waals surface area contributed by atoms with E-state index in [2.05, 4.69) is 60.4 Å². The van der Waals surface area contributed by atoms with E-state index in [9.17, 15) is 4.79 Å². The Morgan fingerprint density at radius 1 is 1.10 bits per heavy atom. The van der Waals surface area contributed by atoms with Gasteiger partial charge in [0.05, 0.1) is 0 Å². The number of pyridine rings is 1. The molecule has 2 heterocycles. The third kappa shape index (κ3) is 4.58. The van der Waals surface area contributed by atoms with Gasteiger partial charge in [0.2, 0.25) is 5.91 Å². The van der Waals surface area contributed by atoms with Crippen molar-refractivity contribution in [3.05, 3.63) is 100 Å². The minimum Gasteiger partial charge on any atom is -0.342 e. The van der Waals surface area contributed by atoms with Gasteiger partial charge in [-0.15, -0.1) is 0 Å². The molecule has 4 nitrogen and oxygen atoms in total. The highest BCUT2D eigenvalue weighted by molar-refractivity contribution is 5.99. The van der Waals surface area contributed by atoms with Gasteiger partial charge in [0.25, 0.3) is 0 Å². The van der Waals surface area contributed by atoms with E-state index in [0.717, 1.165) is 24.3 Å². The number of amides is 1. The summed E-state index contributed by atoms with van der Waals surface area (Å²) in [6.45, 7) is 7.35. The fourth-order valence-corrected chi connectivity index (χ4v) is 4.39. The van der Waals surface area contributed by atoms with Crippen LogP contribution in [0.3, 0.4) is 0 Å². The zero-order chi connectivity index (χ0) is 22.0. The average molecular weight is 412 g/mol. The molecule has 0 radical (unpaired) electrons. The summed E-state index contributed by atoms with van der Waals surface area (Å²) in [6.07, 6.45) is 2.41. The Kier molecular flexibility index (Phi) is 5.99. The molecular weight excluding hydrogens is 382 g/mol. The van der Waals surface area contributed by atoms with Crippen LogP contribution in [0.4, 0.5) is 0 Å². The van der Waals surface area contributed by atoms with Crippen molar-refractivity contribution in [1.82, 2.24) is 9.88 Å². The number of nitrogens with one attached hydrogen (secondary N) is 1. The number of rotatable bonds is 6. The van der Waals surface area contributed by atoms with Gasteiger partial charge < -0.3 is 10.3 Å². The summed E-state index contributed by atoms with van der Waals surface area (Å²) in [5.41, 5.74) is 7.49. The van der Waals surface area contributed by atoms with Gasteiger partial charge in [0, 0.05) is 55.9 Å². The molecule has 158 valence electrons. The molecular formula is C27H29N3O. The van der Waals surface area contributed by atoms with Gasteiger partial charge in [-0.1, -0.05) is 48.5 Å². The van der Waals surface area contributed by atoms with E-state index < -0.39 is 0 Å². The van der Waals surface area contributed by atoms with Gasteiger partial charge in [-0.25, -0.2) is 0 Å². The smallest absolute Gasteiger partial charge is 0.219 e. The van der Waals surface area contributed by atoms with Crippen LogP contribution < -0.4 is 0 Å². The monoisotopic (exact) mass is 411 g/mol. The van der Waals surface area contributed by atoms with E-state index in [1.165, 1.54) is 22.3 Å². The van der Waals surface area contributed by atoms with Gasteiger partial charge in [0.15, 0.2) is 0 Å². The molecule has 1 amide bonds. The van der Waals surface area contributed by atoms with Gasteiger partial charge in [-0.3, -0.25) is 9.78 Å². The van der Waals surface area contributed by atoms with Crippen molar-refractivity contribution in [3.8, 4) is 0 Å². The Bertz CT molecular complexity index is 1100. The standard InChI is InChI=1S/C27H29N3O/c1-18-6-4-5-7-25(18)26(15-27(28)23-12-13-29-19(2)14-23)22-10-8-21(9-11-22)24-16-30(17-24)20(3)31/h4-14,24,26,28H,15-17H2,1-3H3. The molecule has 0 aliphatic carbocycles. The number of aryl methyl sites for hydroxylation is 2. The zero-order valence-corrected chi connectivity index (χ0v) is 18.4. The summed E-state index contributed by atoms with van der Waals surface area (Å²) in [6, 6.07) is 21.2. The summed E-state index contributed by atoms with van der Waals surface area (Å²) in [5.74, 6) is 0.691. The van der Waals surface area contributed by atoms with E-state index in [0.29, 0.717) is 18.1 Å². The Balaban J connectivity index is 1.60. The van der Waals surface area contributed by atoms with Crippen molar-refractivity contribution in [2.75, 3.05) is 13.1 Å². The van der Waals surface area contributed by atoms with Crippen LogP contribution in [0.25, 0.3) is 0 Å². The lowest BCUT2D eigenvalue weighted by atomic mass is 9.82. The maximum atomic E-state index is 11.5. The van der Waals surface area contributed by atoms with Crippen LogP contribution in [-0.4, -0.2) is 34.6 Å². The predicted octanol–water partition coefficient (Wildman–Crippen LogP) is 5.23. The van der Waals surface area contributed by atoms with Gasteiger partial charge in [0.1, 0.15) is 0 Å². The lowest BCUT2D eigenvalue weighted by Crippen LogP contribution is -2.47. The molecule has 1 fully saturated rings. The highest BCUT2D eigenvalue weighted by Crippen LogP contribution is 2.34. The number of aromatic nitrogens is 1. The van der Waals surface area contributed by atoms with Crippen molar-refractivity contribution >= 4 is 11.6 Å². The number of nitrogens with zero attached hydrogens (tertiary/aromatic N) is 2. The second-order valence-corrected chi connectivity index (χ2v) is 8.57. The molecule has 1 unspecified atom stereocenters. The molecule has 4 heteroatoms. The second kappa shape index (κ2) is 8.84. The maximum Gasteiger partial charge on any atom is 0.219 e. The Hall–Kier alpha value is -3.27. The summed E-state index contributed by atoms with van der Waals surface area (Å²) >= 11 is 0. The third-order valence-corrected chi connectivity index (χ3v) is 6.35. The first-order chi connectivity index (χ1) is 14.9. The number of carbonyl (C=O) groups is 1. The molecule has 1 saturated heterocycles. The SMILES string of the molecule is CC(=O)N1CC(c2ccc(C(CC(=N)c3ccnc(C)c3)c3ccccc3C)cc2)C1. The number of hydrogen-bond acceptors (Lipinski definition) is 3. The highest BCUT2D eigenvalue weighted by atomic mass is 16.2. The Labute approximate surface area is 184 Å². The summed E-state index contributed by atoms with van der Waals surface area (Å²) in [4.78, 5) is 17.6. The molecule has 0 spiro atoms. The largest absolute Gasteiger partial charge is 0.342 e. The number of carbonyl (C=O) groups excluding carboxylic acids is 1. The van der Waals surface area contributed by atoms with Crippen LogP contribution in [0.1, 0.15) is 58.7 Å². The normalized spacial score (nSPS) is 14.7. The van der Waals surface area contributed by atoms with Crippen LogP contribution in [0.2, 0.25) is 0 Å². The molecule has 1 N–H and O–H groups in total. The van der Waals surface area contributed by atoms with E-state index in [1.807, 2.05) is 24.0 Å². The minimum absolute atomic E-state index is 0.117. The van der Waals surface area contributed by atoms with Crippen molar-refractivity contribution in [2.24, 2.45) is 0 Å². The van der Waals surface area contributed by atoms with Crippen LogP contribution >= 0.6 is 0 Å². The molecule has 3 aromatic rings. The second-order valence-electron chi connectivity index (χ2n) is 8.57. The van der Waals surface area contributed by atoms with Crippen LogP contribution in [-0.2, 0) is 4.79 Å². The molecule has 1 aromatic heterocycles.